The molecule has 0 unspecified atom stereocenters. The number of aromatic nitrogens is 1. The van der Waals surface area contributed by atoms with Gasteiger partial charge in [-0.25, -0.2) is 13.4 Å². The van der Waals surface area contributed by atoms with Gasteiger partial charge in [0.15, 0.2) is 0 Å². The quantitative estimate of drug-likeness (QED) is 0.439. The molecule has 4 N–H and O–H groups in total. The van der Waals surface area contributed by atoms with Crippen LogP contribution in [0.1, 0.15) is 56.3 Å². The fraction of sp³-hybridized carbons (Fsp3) is 0.308. The summed E-state index contributed by atoms with van der Waals surface area (Å²) in [6, 6.07) is 9.66. The second kappa shape index (κ2) is 10.3. The summed E-state index contributed by atoms with van der Waals surface area (Å²) in [7, 11) is -3.94. The number of likely N-dealkylation sites (tertiary alicyclic amines) is 1. The van der Waals surface area contributed by atoms with Gasteiger partial charge in [0.25, 0.3) is 11.8 Å². The predicted molar refractivity (Wildman–Crippen MR) is 142 cm³/mol. The van der Waals surface area contributed by atoms with Gasteiger partial charge in [0.1, 0.15) is 0 Å². The van der Waals surface area contributed by atoms with Crippen LogP contribution in [0.3, 0.4) is 0 Å². The van der Waals surface area contributed by atoms with Crippen LogP contribution in [0.25, 0.3) is 0 Å². The minimum absolute atomic E-state index is 0.0366. The topological polar surface area (TPSA) is 152 Å². The molecule has 38 heavy (non-hydrogen) atoms. The van der Waals surface area contributed by atoms with Crippen LogP contribution in [0.4, 0.5) is 5.69 Å². The molecule has 3 amide bonds. The molecular formula is C26H27N5O5S2. The normalized spacial score (nSPS) is 17.5. The molecule has 1 atom stereocenters. The number of hydrogen-bond donors (Lipinski definition) is 3. The predicted octanol–water partition coefficient (Wildman–Crippen LogP) is 2.52. The summed E-state index contributed by atoms with van der Waals surface area (Å²) in [4.78, 5) is 44.7. The second-order valence-corrected chi connectivity index (χ2v) is 12.4. The van der Waals surface area contributed by atoms with E-state index in [-0.39, 0.29) is 45.0 Å². The number of carbonyl (C=O) groups excluding carboxylic acids is 3. The highest BCUT2D eigenvalue weighted by atomic mass is 32.2. The first-order valence-corrected chi connectivity index (χ1v) is 14.5. The zero-order chi connectivity index (χ0) is 27.0. The Labute approximate surface area is 224 Å². The van der Waals surface area contributed by atoms with Gasteiger partial charge in [0.2, 0.25) is 15.7 Å². The minimum atomic E-state index is -3.94. The van der Waals surface area contributed by atoms with Crippen molar-refractivity contribution in [3.63, 3.8) is 0 Å². The van der Waals surface area contributed by atoms with Gasteiger partial charge in [-0.2, -0.15) is 0 Å². The molecule has 2 aromatic carbocycles. The van der Waals surface area contributed by atoms with Crippen LogP contribution in [0.15, 0.2) is 58.5 Å². The number of piperidine rings is 1. The lowest BCUT2D eigenvalue weighted by molar-refractivity contribution is -0.133. The van der Waals surface area contributed by atoms with Crippen LogP contribution in [0.5, 0.6) is 0 Å². The first kappa shape index (κ1) is 26.0. The minimum Gasteiger partial charge on any atom is -0.347 e. The molecule has 5 rings (SSSR count). The maximum absolute atomic E-state index is 13.1. The Kier molecular flexibility index (Phi) is 7.03. The summed E-state index contributed by atoms with van der Waals surface area (Å²) >= 11 is 1.52. The van der Waals surface area contributed by atoms with Crippen LogP contribution in [-0.2, 0) is 21.2 Å². The van der Waals surface area contributed by atoms with E-state index in [1.807, 2.05) is 0 Å². The molecule has 0 saturated carbocycles. The van der Waals surface area contributed by atoms with E-state index in [9.17, 15) is 22.8 Å². The maximum Gasteiger partial charge on any atom is 0.257 e. The molecule has 12 heteroatoms. The van der Waals surface area contributed by atoms with E-state index in [4.69, 9.17) is 5.73 Å². The molecule has 1 fully saturated rings. The fourth-order valence-corrected chi connectivity index (χ4v) is 7.32. The summed E-state index contributed by atoms with van der Waals surface area (Å²) in [5, 5.41) is 6.43. The summed E-state index contributed by atoms with van der Waals surface area (Å²) < 4.78 is 26.3. The van der Waals surface area contributed by atoms with Crippen molar-refractivity contribution in [2.24, 2.45) is 5.73 Å². The number of carbonyl (C=O) groups is 3. The Morgan fingerprint density at radius 1 is 1.18 bits per heavy atom. The molecule has 2 aliphatic heterocycles. The molecule has 2 aliphatic rings. The molecule has 0 spiro atoms. The van der Waals surface area contributed by atoms with E-state index in [0.29, 0.717) is 13.1 Å². The van der Waals surface area contributed by atoms with Crippen LogP contribution < -0.4 is 16.4 Å². The van der Waals surface area contributed by atoms with Crippen LogP contribution in [0.2, 0.25) is 0 Å². The Bertz CT molecular complexity index is 1520. The lowest BCUT2D eigenvalue weighted by Crippen LogP contribution is -2.45. The maximum atomic E-state index is 13.1. The number of anilines is 1. The highest BCUT2D eigenvalue weighted by molar-refractivity contribution is 7.91. The van der Waals surface area contributed by atoms with Crippen LogP contribution >= 0.6 is 11.3 Å². The lowest BCUT2D eigenvalue weighted by atomic mass is 9.97. The van der Waals surface area contributed by atoms with Gasteiger partial charge in [-0.1, -0.05) is 12.1 Å². The first-order valence-electron chi connectivity index (χ1n) is 12.2. The molecule has 10 nitrogen and oxygen atoms in total. The van der Waals surface area contributed by atoms with E-state index in [1.165, 1.54) is 41.7 Å². The zero-order valence-electron chi connectivity index (χ0n) is 20.6. The second-order valence-electron chi connectivity index (χ2n) is 9.40. The number of hydrogen-bond acceptors (Lipinski definition) is 8. The largest absolute Gasteiger partial charge is 0.347 e. The Morgan fingerprint density at radius 3 is 2.66 bits per heavy atom. The van der Waals surface area contributed by atoms with Crippen molar-refractivity contribution in [2.75, 3.05) is 18.4 Å². The zero-order valence-corrected chi connectivity index (χ0v) is 22.3. The standard InChI is InChI=1S/C26H27N5O5S2/c1-15(27)26(34)31-10-8-16(9-11-31)25-29-14-18(37-25)13-28-23(32)17-6-7-22-20(12-17)30-24(33)19-4-2-3-5-21(19)38(22,35)36/h2-7,12,14-16H,8-11,13,27H2,1H3,(H,28,32)(H,30,33)/t15-/m0/s1. The molecule has 198 valence electrons. The van der Waals surface area contributed by atoms with E-state index < -0.39 is 27.7 Å². The number of nitrogens with zero attached hydrogens (tertiary/aromatic N) is 2. The molecule has 1 aromatic heterocycles. The highest BCUT2D eigenvalue weighted by Gasteiger charge is 2.31. The smallest absolute Gasteiger partial charge is 0.257 e. The van der Waals surface area contributed by atoms with Gasteiger partial charge in [-0.15, -0.1) is 11.3 Å². The van der Waals surface area contributed by atoms with E-state index >= 15 is 0 Å². The highest BCUT2D eigenvalue weighted by Crippen LogP contribution is 2.34. The summed E-state index contributed by atoms with van der Waals surface area (Å²) in [5.74, 6) is -0.740. The van der Waals surface area contributed by atoms with Crippen LogP contribution in [-0.4, -0.2) is 55.2 Å². The SMILES string of the molecule is C[C@H](N)C(=O)N1CCC(c2ncc(CNC(=O)c3ccc4c(c3)NC(=O)c3ccccc3S4(=O)=O)s2)CC1. The van der Waals surface area contributed by atoms with Gasteiger partial charge in [0, 0.05) is 35.6 Å². The number of benzene rings is 2. The average Bonchev–Trinajstić information content (AvgIpc) is 3.37. The van der Waals surface area contributed by atoms with E-state index in [2.05, 4.69) is 15.6 Å². The van der Waals surface area contributed by atoms with E-state index in [1.54, 1.807) is 30.2 Å². The first-order chi connectivity index (χ1) is 18.1. The van der Waals surface area contributed by atoms with Gasteiger partial charge in [-0.05, 0) is 50.1 Å². The van der Waals surface area contributed by atoms with Gasteiger partial charge < -0.3 is 21.3 Å². The third-order valence-electron chi connectivity index (χ3n) is 6.74. The lowest BCUT2D eigenvalue weighted by Gasteiger charge is -2.32. The molecule has 0 bridgehead atoms. The summed E-state index contributed by atoms with van der Waals surface area (Å²) in [5.41, 5.74) is 6.05. The van der Waals surface area contributed by atoms with Crippen molar-refractivity contribution in [1.82, 2.24) is 15.2 Å². The van der Waals surface area contributed by atoms with E-state index in [0.717, 1.165) is 22.7 Å². The fourth-order valence-electron chi connectivity index (χ4n) is 4.70. The van der Waals surface area contributed by atoms with Gasteiger partial charge in [0.05, 0.1) is 38.6 Å². The third kappa shape index (κ3) is 4.94. The third-order valence-corrected chi connectivity index (χ3v) is 9.77. The Morgan fingerprint density at radius 2 is 1.92 bits per heavy atom. The Hall–Kier alpha value is -3.61. The number of thiazole rings is 1. The summed E-state index contributed by atoms with van der Waals surface area (Å²) in [6.07, 6.45) is 3.36. The van der Waals surface area contributed by atoms with Crippen molar-refractivity contribution >= 4 is 44.6 Å². The monoisotopic (exact) mass is 553 g/mol. The molecular weight excluding hydrogens is 526 g/mol. The molecule has 1 saturated heterocycles. The van der Waals surface area contributed by atoms with Gasteiger partial charge >= 0.3 is 0 Å². The number of fused-ring (bicyclic) bond motifs is 2. The van der Waals surface area contributed by atoms with Crippen LogP contribution in [0, 0.1) is 0 Å². The average molecular weight is 554 g/mol. The Balaban J connectivity index is 1.24. The number of nitrogens with two attached hydrogens (primary N) is 1. The van der Waals surface area contributed by atoms with Gasteiger partial charge in [-0.3, -0.25) is 14.4 Å². The molecule has 3 heterocycles. The number of rotatable bonds is 5. The number of amides is 3. The number of sulfone groups is 1. The summed E-state index contributed by atoms with van der Waals surface area (Å²) in [6.45, 7) is 3.24. The van der Waals surface area contributed by atoms with Crippen molar-refractivity contribution in [2.45, 2.75) is 48.1 Å². The molecule has 3 aromatic rings. The van der Waals surface area contributed by atoms with Crippen molar-refractivity contribution in [1.29, 1.82) is 0 Å². The van der Waals surface area contributed by atoms with Crippen molar-refractivity contribution < 1.29 is 22.8 Å². The molecule has 0 radical (unpaired) electrons. The molecule has 0 aliphatic carbocycles. The van der Waals surface area contributed by atoms with Crippen molar-refractivity contribution in [3.05, 3.63) is 69.7 Å². The van der Waals surface area contributed by atoms with Crippen molar-refractivity contribution in [3.8, 4) is 0 Å². The number of nitrogens with one attached hydrogen (secondary N) is 2.